The number of hydrogen-bond donors (Lipinski definition) is 2. The van der Waals surface area contributed by atoms with Gasteiger partial charge in [0.15, 0.2) is 0 Å². The molecule has 2 heterocycles. The SMILES string of the molecule is C[C@H](NC(=O)c1cc2ccccc2[nH]c1=O)c1ccncc1. The number of aromatic amines is 1. The van der Waals surface area contributed by atoms with Crippen molar-refractivity contribution in [1.29, 1.82) is 0 Å². The van der Waals surface area contributed by atoms with Crippen LogP contribution in [0.25, 0.3) is 10.9 Å². The molecular weight excluding hydrogens is 278 g/mol. The van der Waals surface area contributed by atoms with Gasteiger partial charge in [-0.05, 0) is 42.1 Å². The van der Waals surface area contributed by atoms with Crippen molar-refractivity contribution in [2.75, 3.05) is 0 Å². The molecule has 1 aromatic carbocycles. The summed E-state index contributed by atoms with van der Waals surface area (Å²) in [4.78, 5) is 31.1. The Labute approximate surface area is 127 Å². The van der Waals surface area contributed by atoms with Gasteiger partial charge in [0.2, 0.25) is 0 Å². The molecule has 3 aromatic rings. The molecule has 1 amide bonds. The minimum absolute atomic E-state index is 0.111. The minimum atomic E-state index is -0.392. The first-order valence-electron chi connectivity index (χ1n) is 6.98. The number of fused-ring (bicyclic) bond motifs is 1. The van der Waals surface area contributed by atoms with Gasteiger partial charge in [-0.15, -0.1) is 0 Å². The predicted molar refractivity (Wildman–Crippen MR) is 84.7 cm³/mol. The zero-order chi connectivity index (χ0) is 15.5. The molecule has 110 valence electrons. The first-order chi connectivity index (χ1) is 10.6. The van der Waals surface area contributed by atoms with E-state index in [2.05, 4.69) is 15.3 Å². The predicted octanol–water partition coefficient (Wildman–Crippen LogP) is 2.41. The Hall–Kier alpha value is -2.95. The molecule has 0 radical (unpaired) electrons. The van der Waals surface area contributed by atoms with Crippen LogP contribution in [-0.4, -0.2) is 15.9 Å². The number of pyridine rings is 2. The maximum Gasteiger partial charge on any atom is 0.261 e. The van der Waals surface area contributed by atoms with Gasteiger partial charge in [-0.1, -0.05) is 18.2 Å². The van der Waals surface area contributed by atoms with E-state index in [1.54, 1.807) is 24.5 Å². The number of nitrogens with one attached hydrogen (secondary N) is 2. The van der Waals surface area contributed by atoms with Crippen LogP contribution < -0.4 is 10.9 Å². The number of amides is 1. The van der Waals surface area contributed by atoms with Crippen molar-refractivity contribution < 1.29 is 4.79 Å². The molecule has 3 rings (SSSR count). The summed E-state index contributed by atoms with van der Waals surface area (Å²) in [5, 5.41) is 3.65. The van der Waals surface area contributed by atoms with Crippen LogP contribution in [0, 0.1) is 0 Å². The molecular formula is C17H15N3O2. The molecule has 0 fully saturated rings. The smallest absolute Gasteiger partial charge is 0.261 e. The molecule has 0 aliphatic carbocycles. The Balaban J connectivity index is 1.89. The summed E-state index contributed by atoms with van der Waals surface area (Å²) in [6.45, 7) is 1.86. The zero-order valence-electron chi connectivity index (χ0n) is 12.0. The van der Waals surface area contributed by atoms with E-state index < -0.39 is 11.5 Å². The minimum Gasteiger partial charge on any atom is -0.345 e. The quantitative estimate of drug-likeness (QED) is 0.778. The molecule has 0 saturated heterocycles. The summed E-state index contributed by atoms with van der Waals surface area (Å²) < 4.78 is 0. The Morgan fingerprint density at radius 3 is 2.68 bits per heavy atom. The fourth-order valence-corrected chi connectivity index (χ4v) is 2.33. The van der Waals surface area contributed by atoms with Gasteiger partial charge in [-0.3, -0.25) is 14.6 Å². The third-order valence-corrected chi connectivity index (χ3v) is 3.55. The lowest BCUT2D eigenvalue weighted by molar-refractivity contribution is 0.0938. The molecule has 0 aliphatic rings. The number of benzene rings is 1. The molecule has 0 saturated carbocycles. The van der Waals surface area contributed by atoms with Crippen molar-refractivity contribution >= 4 is 16.8 Å². The largest absolute Gasteiger partial charge is 0.345 e. The van der Waals surface area contributed by atoms with E-state index in [9.17, 15) is 9.59 Å². The summed E-state index contributed by atoms with van der Waals surface area (Å²) in [6, 6.07) is 12.4. The van der Waals surface area contributed by atoms with Crippen LogP contribution in [0.2, 0.25) is 0 Å². The van der Waals surface area contributed by atoms with E-state index in [1.165, 1.54) is 0 Å². The Bertz CT molecular complexity index is 872. The second-order valence-electron chi connectivity index (χ2n) is 5.08. The Morgan fingerprint density at radius 1 is 1.18 bits per heavy atom. The highest BCUT2D eigenvalue weighted by atomic mass is 16.2. The van der Waals surface area contributed by atoms with Gasteiger partial charge in [0, 0.05) is 17.9 Å². The van der Waals surface area contributed by atoms with E-state index >= 15 is 0 Å². The average molecular weight is 293 g/mol. The highest BCUT2D eigenvalue weighted by molar-refractivity contribution is 5.97. The topological polar surface area (TPSA) is 74.8 Å². The highest BCUT2D eigenvalue weighted by Crippen LogP contribution is 2.13. The molecule has 1 atom stereocenters. The fourth-order valence-electron chi connectivity index (χ4n) is 2.33. The number of hydrogen-bond acceptors (Lipinski definition) is 3. The molecule has 0 spiro atoms. The molecule has 2 N–H and O–H groups in total. The van der Waals surface area contributed by atoms with Crippen molar-refractivity contribution in [2.24, 2.45) is 0 Å². The first-order valence-corrected chi connectivity index (χ1v) is 6.98. The molecule has 5 nitrogen and oxygen atoms in total. The van der Waals surface area contributed by atoms with Crippen molar-refractivity contribution in [1.82, 2.24) is 15.3 Å². The van der Waals surface area contributed by atoms with Gasteiger partial charge >= 0.3 is 0 Å². The third-order valence-electron chi connectivity index (χ3n) is 3.55. The van der Waals surface area contributed by atoms with Crippen LogP contribution in [0.5, 0.6) is 0 Å². The molecule has 0 unspecified atom stereocenters. The summed E-state index contributed by atoms with van der Waals surface area (Å²) >= 11 is 0. The molecule has 22 heavy (non-hydrogen) atoms. The first kappa shape index (κ1) is 14.0. The fraction of sp³-hybridized carbons (Fsp3) is 0.118. The molecule has 5 heteroatoms. The lowest BCUT2D eigenvalue weighted by Crippen LogP contribution is -2.31. The molecule has 0 aliphatic heterocycles. The van der Waals surface area contributed by atoms with Crippen LogP contribution in [-0.2, 0) is 0 Å². The van der Waals surface area contributed by atoms with Crippen molar-refractivity contribution in [3.8, 4) is 0 Å². The van der Waals surface area contributed by atoms with Crippen LogP contribution in [0.3, 0.4) is 0 Å². The van der Waals surface area contributed by atoms with Gasteiger partial charge < -0.3 is 10.3 Å². The third kappa shape index (κ3) is 2.74. The van der Waals surface area contributed by atoms with Crippen LogP contribution in [0.4, 0.5) is 0 Å². The lowest BCUT2D eigenvalue weighted by atomic mass is 10.1. The standard InChI is InChI=1S/C17H15N3O2/c1-11(12-6-8-18-9-7-12)19-16(21)14-10-13-4-2-3-5-15(13)20-17(14)22/h2-11H,1H3,(H,19,21)(H,20,22)/t11-/m0/s1. The van der Waals surface area contributed by atoms with Crippen LogP contribution in [0.1, 0.15) is 28.9 Å². The summed E-state index contributed by atoms with van der Waals surface area (Å²) in [5.74, 6) is -0.392. The Morgan fingerprint density at radius 2 is 1.91 bits per heavy atom. The van der Waals surface area contributed by atoms with Gasteiger partial charge in [0.1, 0.15) is 5.56 Å². The van der Waals surface area contributed by atoms with E-state index in [4.69, 9.17) is 0 Å². The molecule has 2 aromatic heterocycles. The van der Waals surface area contributed by atoms with E-state index in [0.29, 0.717) is 5.52 Å². The van der Waals surface area contributed by atoms with Crippen LogP contribution in [0.15, 0.2) is 59.7 Å². The van der Waals surface area contributed by atoms with Gasteiger partial charge in [0.05, 0.1) is 6.04 Å². The summed E-state index contributed by atoms with van der Waals surface area (Å²) in [7, 11) is 0. The van der Waals surface area contributed by atoms with E-state index in [-0.39, 0.29) is 11.6 Å². The number of carbonyl (C=O) groups excluding carboxylic acids is 1. The normalized spacial score (nSPS) is 12.0. The van der Waals surface area contributed by atoms with E-state index in [1.807, 2.05) is 37.3 Å². The highest BCUT2D eigenvalue weighted by Gasteiger charge is 2.15. The number of aromatic nitrogens is 2. The average Bonchev–Trinajstić information content (AvgIpc) is 2.54. The van der Waals surface area contributed by atoms with Crippen LogP contribution >= 0.6 is 0 Å². The number of carbonyl (C=O) groups is 1. The maximum absolute atomic E-state index is 12.3. The number of nitrogens with zero attached hydrogens (tertiary/aromatic N) is 1. The van der Waals surface area contributed by atoms with Gasteiger partial charge in [-0.25, -0.2) is 0 Å². The van der Waals surface area contributed by atoms with Crippen molar-refractivity contribution in [2.45, 2.75) is 13.0 Å². The Kier molecular flexibility index (Phi) is 3.70. The number of rotatable bonds is 3. The maximum atomic E-state index is 12.3. The second kappa shape index (κ2) is 5.81. The van der Waals surface area contributed by atoms with Crippen molar-refractivity contribution in [3.05, 3.63) is 76.3 Å². The van der Waals surface area contributed by atoms with Gasteiger partial charge in [-0.2, -0.15) is 0 Å². The van der Waals surface area contributed by atoms with Gasteiger partial charge in [0.25, 0.3) is 11.5 Å². The van der Waals surface area contributed by atoms with E-state index in [0.717, 1.165) is 10.9 Å². The van der Waals surface area contributed by atoms with Crippen molar-refractivity contribution in [3.63, 3.8) is 0 Å². The number of para-hydroxylation sites is 1. The number of H-pyrrole nitrogens is 1. The lowest BCUT2D eigenvalue weighted by Gasteiger charge is -2.14. The second-order valence-corrected chi connectivity index (χ2v) is 5.08. The molecule has 0 bridgehead atoms. The monoisotopic (exact) mass is 293 g/mol. The summed E-state index contributed by atoms with van der Waals surface area (Å²) in [5.41, 5.74) is 1.37. The summed E-state index contributed by atoms with van der Waals surface area (Å²) in [6.07, 6.45) is 3.33. The zero-order valence-corrected chi connectivity index (χ0v) is 12.0.